The second-order valence-electron chi connectivity index (χ2n) is 6.45. The molecule has 0 saturated carbocycles. The Hall–Kier alpha value is -2.12. The van der Waals surface area contributed by atoms with Gasteiger partial charge in [-0.25, -0.2) is 4.79 Å². The molecule has 136 valence electrons. The smallest absolute Gasteiger partial charge is 0.328 e. The topological polar surface area (TPSA) is 79.3 Å². The lowest BCUT2D eigenvalue weighted by Gasteiger charge is -2.44. The number of methoxy groups -OCH3 is 1. The molecule has 2 heterocycles. The van der Waals surface area contributed by atoms with Gasteiger partial charge in [0.2, 0.25) is 0 Å². The van der Waals surface area contributed by atoms with Crippen molar-refractivity contribution in [2.45, 2.75) is 31.5 Å². The van der Waals surface area contributed by atoms with E-state index in [1.54, 1.807) is 24.3 Å². The molecule has 1 N–H and O–H groups in total. The molecule has 2 fully saturated rings. The number of benzene rings is 1. The van der Waals surface area contributed by atoms with Gasteiger partial charge in [-0.1, -0.05) is 13.0 Å². The van der Waals surface area contributed by atoms with E-state index in [9.17, 15) is 14.7 Å². The minimum absolute atomic E-state index is 0.0250. The number of piperidine rings is 1. The third-order valence-corrected chi connectivity index (χ3v) is 5.17. The van der Waals surface area contributed by atoms with E-state index >= 15 is 0 Å². The predicted molar refractivity (Wildman–Crippen MR) is 90.6 cm³/mol. The summed E-state index contributed by atoms with van der Waals surface area (Å²) in [5.74, 6) is -0.799. The van der Waals surface area contributed by atoms with Gasteiger partial charge in [-0.05, 0) is 24.7 Å². The number of carboxylic acid groups (broad SMARTS) is 1. The van der Waals surface area contributed by atoms with Crippen LogP contribution in [0.15, 0.2) is 24.3 Å². The number of rotatable bonds is 4. The highest BCUT2D eigenvalue weighted by molar-refractivity contribution is 5.97. The van der Waals surface area contributed by atoms with Gasteiger partial charge in [0.05, 0.1) is 13.7 Å². The fourth-order valence-corrected chi connectivity index (χ4v) is 3.67. The van der Waals surface area contributed by atoms with E-state index in [0.717, 1.165) is 19.6 Å². The van der Waals surface area contributed by atoms with Crippen molar-refractivity contribution in [3.63, 3.8) is 0 Å². The van der Waals surface area contributed by atoms with Gasteiger partial charge in [0.1, 0.15) is 11.5 Å². The minimum Gasteiger partial charge on any atom is -0.497 e. The molecule has 2 aliphatic rings. The van der Waals surface area contributed by atoms with Crippen LogP contribution in [0, 0.1) is 0 Å². The van der Waals surface area contributed by atoms with Crippen LogP contribution in [-0.2, 0) is 9.53 Å². The van der Waals surface area contributed by atoms with Crippen LogP contribution in [0.4, 0.5) is 0 Å². The zero-order valence-corrected chi connectivity index (χ0v) is 14.6. The molecule has 2 saturated heterocycles. The van der Waals surface area contributed by atoms with E-state index in [-0.39, 0.29) is 12.5 Å². The van der Waals surface area contributed by atoms with Crippen LogP contribution in [0.25, 0.3) is 0 Å². The molecule has 0 aliphatic carbocycles. The van der Waals surface area contributed by atoms with Gasteiger partial charge in [-0.3, -0.25) is 9.69 Å². The molecule has 7 heteroatoms. The summed E-state index contributed by atoms with van der Waals surface area (Å²) in [6, 6.07) is 5.82. The summed E-state index contributed by atoms with van der Waals surface area (Å²) >= 11 is 0. The monoisotopic (exact) mass is 348 g/mol. The van der Waals surface area contributed by atoms with Gasteiger partial charge in [0, 0.05) is 31.5 Å². The predicted octanol–water partition coefficient (Wildman–Crippen LogP) is 1.43. The van der Waals surface area contributed by atoms with Crippen LogP contribution in [0.2, 0.25) is 0 Å². The van der Waals surface area contributed by atoms with Crippen LogP contribution in [-0.4, -0.2) is 71.9 Å². The fraction of sp³-hybridized carbons (Fsp3) is 0.556. The summed E-state index contributed by atoms with van der Waals surface area (Å²) < 4.78 is 11.1. The summed E-state index contributed by atoms with van der Waals surface area (Å²) in [4.78, 5) is 28.6. The Labute approximate surface area is 147 Å². The van der Waals surface area contributed by atoms with Crippen molar-refractivity contribution in [2.75, 3.05) is 33.4 Å². The lowest BCUT2D eigenvalue weighted by atomic mass is 9.96. The van der Waals surface area contributed by atoms with Crippen molar-refractivity contribution in [3.8, 4) is 5.75 Å². The zero-order chi connectivity index (χ0) is 18.0. The van der Waals surface area contributed by atoms with Gasteiger partial charge in [-0.15, -0.1) is 0 Å². The van der Waals surface area contributed by atoms with Crippen molar-refractivity contribution in [2.24, 2.45) is 0 Å². The van der Waals surface area contributed by atoms with Gasteiger partial charge in [0.25, 0.3) is 5.91 Å². The van der Waals surface area contributed by atoms with E-state index in [4.69, 9.17) is 9.47 Å². The maximum Gasteiger partial charge on any atom is 0.328 e. The number of carboxylic acids is 1. The number of hydrogen-bond donors (Lipinski definition) is 1. The zero-order valence-electron chi connectivity index (χ0n) is 14.6. The van der Waals surface area contributed by atoms with E-state index in [0.29, 0.717) is 24.2 Å². The second-order valence-corrected chi connectivity index (χ2v) is 6.45. The number of aliphatic carboxylic acids is 1. The molecular formula is C18H24N2O5. The van der Waals surface area contributed by atoms with E-state index in [1.807, 2.05) is 0 Å². The van der Waals surface area contributed by atoms with Crippen LogP contribution in [0.5, 0.6) is 5.75 Å². The molecule has 7 nitrogen and oxygen atoms in total. The van der Waals surface area contributed by atoms with Gasteiger partial charge >= 0.3 is 5.97 Å². The third-order valence-electron chi connectivity index (χ3n) is 5.17. The Morgan fingerprint density at radius 1 is 1.36 bits per heavy atom. The van der Waals surface area contributed by atoms with Crippen molar-refractivity contribution < 1.29 is 24.2 Å². The number of likely N-dealkylation sites (tertiary alicyclic amines) is 1. The Morgan fingerprint density at radius 2 is 2.08 bits per heavy atom. The third kappa shape index (κ3) is 3.21. The average molecular weight is 348 g/mol. The molecule has 0 bridgehead atoms. The molecular weight excluding hydrogens is 324 g/mol. The Morgan fingerprint density at radius 3 is 2.68 bits per heavy atom. The van der Waals surface area contributed by atoms with Crippen LogP contribution < -0.4 is 4.74 Å². The summed E-state index contributed by atoms with van der Waals surface area (Å²) in [7, 11) is 1.53. The molecule has 0 unspecified atom stereocenters. The molecule has 2 aliphatic heterocycles. The molecule has 0 radical (unpaired) electrons. The van der Waals surface area contributed by atoms with Crippen molar-refractivity contribution >= 4 is 11.9 Å². The molecule has 1 spiro atoms. The molecule has 1 aromatic carbocycles. The molecule has 1 aromatic rings. The highest BCUT2D eigenvalue weighted by atomic mass is 16.5. The molecule has 25 heavy (non-hydrogen) atoms. The number of nitrogens with zero attached hydrogens (tertiary/aromatic N) is 2. The van der Waals surface area contributed by atoms with Gasteiger partial charge in [0.15, 0.2) is 6.04 Å². The highest BCUT2D eigenvalue weighted by Gasteiger charge is 2.53. The first-order valence-corrected chi connectivity index (χ1v) is 8.57. The van der Waals surface area contributed by atoms with Crippen molar-refractivity contribution in [1.29, 1.82) is 0 Å². The van der Waals surface area contributed by atoms with Crippen LogP contribution in [0.3, 0.4) is 0 Å². The van der Waals surface area contributed by atoms with E-state index < -0.39 is 17.7 Å². The lowest BCUT2D eigenvalue weighted by Crippen LogP contribution is -2.58. The highest BCUT2D eigenvalue weighted by Crippen LogP contribution is 2.38. The summed E-state index contributed by atoms with van der Waals surface area (Å²) in [5, 5.41) is 9.58. The van der Waals surface area contributed by atoms with Gasteiger partial charge < -0.3 is 19.5 Å². The quantitative estimate of drug-likeness (QED) is 0.887. The van der Waals surface area contributed by atoms with Crippen LogP contribution >= 0.6 is 0 Å². The van der Waals surface area contributed by atoms with E-state index in [2.05, 4.69) is 11.8 Å². The maximum absolute atomic E-state index is 13.2. The molecule has 3 rings (SSSR count). The number of carbonyl (C=O) groups excluding carboxylic acids is 1. The lowest BCUT2D eigenvalue weighted by molar-refractivity contribution is -0.143. The Balaban J connectivity index is 1.92. The van der Waals surface area contributed by atoms with Crippen molar-refractivity contribution in [3.05, 3.63) is 29.8 Å². The van der Waals surface area contributed by atoms with Crippen LogP contribution in [0.1, 0.15) is 30.1 Å². The van der Waals surface area contributed by atoms with Gasteiger partial charge in [-0.2, -0.15) is 0 Å². The van der Waals surface area contributed by atoms with E-state index in [1.165, 1.54) is 12.0 Å². The fourth-order valence-electron chi connectivity index (χ4n) is 3.67. The molecule has 1 amide bonds. The minimum atomic E-state index is -1.04. The number of ether oxygens (including phenoxy) is 2. The normalized spacial score (nSPS) is 23.0. The average Bonchev–Trinajstić information content (AvgIpc) is 3.01. The number of amides is 1. The first-order chi connectivity index (χ1) is 12.0. The first kappa shape index (κ1) is 17.7. The Kier molecular flexibility index (Phi) is 4.96. The summed E-state index contributed by atoms with van der Waals surface area (Å²) in [5.41, 5.74) is -0.428. The van der Waals surface area contributed by atoms with Crippen molar-refractivity contribution in [1.82, 2.24) is 9.80 Å². The number of carbonyl (C=O) groups is 2. The SMILES string of the molecule is CCN1CCC2(CC1)OC[C@H](C(=O)O)N2C(=O)c1cccc(OC)c1. The summed E-state index contributed by atoms with van der Waals surface area (Å²) in [6.07, 6.45) is 1.22. The maximum atomic E-state index is 13.2. The number of hydrogen-bond acceptors (Lipinski definition) is 5. The molecule has 1 atom stereocenters. The first-order valence-electron chi connectivity index (χ1n) is 8.57. The standard InChI is InChI=1S/C18H24N2O5/c1-3-19-9-7-18(8-10-19)20(15(12-25-18)17(22)23)16(21)13-5-4-6-14(11-13)24-2/h4-6,11,15H,3,7-10,12H2,1-2H3,(H,22,23)/t15-/m1/s1. The largest absolute Gasteiger partial charge is 0.497 e. The Bertz CT molecular complexity index is 655. The summed E-state index contributed by atoms with van der Waals surface area (Å²) in [6.45, 7) is 4.61. The molecule has 0 aromatic heterocycles. The second kappa shape index (κ2) is 7.01.